The molecule has 0 heterocycles. The zero-order valence-corrected chi connectivity index (χ0v) is 21.9. The van der Waals surface area contributed by atoms with Crippen LogP contribution in [-0.4, -0.2) is 27.5 Å². The smallest absolute Gasteiger partial charge is 0.230 e. The first-order valence-corrected chi connectivity index (χ1v) is 14.1. The van der Waals surface area contributed by atoms with Crippen molar-refractivity contribution in [3.05, 3.63) is 144 Å². The van der Waals surface area contributed by atoms with Gasteiger partial charge in [0, 0.05) is 10.8 Å². The fraction of sp³-hybridized carbons (Fsp3) is 0.133. The number of primary amides is 2. The zero-order chi connectivity index (χ0) is 26.5. The van der Waals surface area contributed by atoms with E-state index in [-0.39, 0.29) is 22.2 Å². The number of benzene rings is 4. The summed E-state index contributed by atoms with van der Waals surface area (Å²) in [6, 6.07) is 39.4. The molecule has 4 aromatic rings. The highest BCUT2D eigenvalue weighted by molar-refractivity contribution is 8.00. The van der Waals surface area contributed by atoms with Crippen molar-refractivity contribution in [3.8, 4) is 0 Å². The number of nitrogens with two attached hydrogens (primary N) is 2. The topological polar surface area (TPSA) is 103 Å². The van der Waals surface area contributed by atoms with Gasteiger partial charge in [0.25, 0.3) is 0 Å². The zero-order valence-electron chi connectivity index (χ0n) is 20.3. The molecule has 1 atom stereocenters. The summed E-state index contributed by atoms with van der Waals surface area (Å²) < 4.78 is 12.4. The summed E-state index contributed by atoms with van der Waals surface area (Å²) in [6.45, 7) is 0. The molecule has 0 aliphatic rings. The number of hydrogen-bond donors (Lipinski definition) is 2. The quantitative estimate of drug-likeness (QED) is 0.301. The van der Waals surface area contributed by atoms with Crippen molar-refractivity contribution in [2.24, 2.45) is 11.5 Å². The Balaban J connectivity index is 0.000000206. The normalized spacial score (nSPS) is 11.4. The molecule has 0 radical (unpaired) electrons. The molecule has 0 aliphatic heterocycles. The number of thioether (sulfide) groups is 1. The first kappa shape index (κ1) is 27.9. The molecule has 190 valence electrons. The van der Waals surface area contributed by atoms with Crippen LogP contribution in [0.25, 0.3) is 0 Å². The molecule has 0 aliphatic carbocycles. The summed E-state index contributed by atoms with van der Waals surface area (Å²) in [5.74, 6) is -0.629. The second-order valence-corrected chi connectivity index (χ2v) is 10.8. The van der Waals surface area contributed by atoms with E-state index >= 15 is 0 Å². The third-order valence-electron chi connectivity index (χ3n) is 5.35. The van der Waals surface area contributed by atoms with Crippen LogP contribution >= 0.6 is 11.8 Å². The van der Waals surface area contributed by atoms with Crippen molar-refractivity contribution in [1.82, 2.24) is 0 Å². The summed E-state index contributed by atoms with van der Waals surface area (Å²) in [5.41, 5.74) is 14.6. The fourth-order valence-corrected chi connectivity index (χ4v) is 6.18. The predicted octanol–water partition coefficient (Wildman–Crippen LogP) is 5.00. The Kier molecular flexibility index (Phi) is 11.1. The Hall–Kier alpha value is -3.68. The van der Waals surface area contributed by atoms with E-state index in [1.807, 2.05) is 97.1 Å². The number of carbonyl (C=O) groups is 2. The van der Waals surface area contributed by atoms with Gasteiger partial charge in [0.2, 0.25) is 11.8 Å². The second-order valence-electron chi connectivity index (χ2n) is 8.17. The molecule has 0 bridgehead atoms. The largest absolute Gasteiger partial charge is 0.369 e. The van der Waals surface area contributed by atoms with Crippen LogP contribution in [0, 0.1) is 0 Å². The van der Waals surface area contributed by atoms with Gasteiger partial charge < -0.3 is 11.5 Å². The van der Waals surface area contributed by atoms with Crippen LogP contribution in [0.5, 0.6) is 0 Å². The summed E-state index contributed by atoms with van der Waals surface area (Å²) in [4.78, 5) is 22.0. The molecule has 5 nitrogen and oxygen atoms in total. The van der Waals surface area contributed by atoms with Gasteiger partial charge in [-0.2, -0.15) is 0 Å². The lowest BCUT2D eigenvalue weighted by atomic mass is 10.0. The summed E-state index contributed by atoms with van der Waals surface area (Å²) >= 11 is 1.56. The summed E-state index contributed by atoms with van der Waals surface area (Å²) in [6.07, 6.45) is 0. The maximum atomic E-state index is 12.4. The van der Waals surface area contributed by atoms with Gasteiger partial charge in [0.15, 0.2) is 0 Å². The van der Waals surface area contributed by atoms with Crippen LogP contribution in [0.2, 0.25) is 0 Å². The molecular weight excluding hydrogens is 500 g/mol. The predicted molar refractivity (Wildman–Crippen MR) is 153 cm³/mol. The lowest BCUT2D eigenvalue weighted by molar-refractivity contribution is -0.116. The van der Waals surface area contributed by atoms with Gasteiger partial charge in [-0.3, -0.25) is 13.8 Å². The van der Waals surface area contributed by atoms with Gasteiger partial charge in [-0.05, 0) is 22.3 Å². The van der Waals surface area contributed by atoms with Crippen LogP contribution < -0.4 is 11.5 Å². The van der Waals surface area contributed by atoms with E-state index in [1.54, 1.807) is 11.8 Å². The molecule has 4 aromatic carbocycles. The molecule has 0 aromatic heterocycles. The lowest BCUT2D eigenvalue weighted by Crippen LogP contribution is -2.23. The minimum Gasteiger partial charge on any atom is -0.369 e. The highest BCUT2D eigenvalue weighted by Crippen LogP contribution is 2.35. The van der Waals surface area contributed by atoms with Gasteiger partial charge in [-0.15, -0.1) is 11.8 Å². The Bertz CT molecular complexity index is 1190. The standard InChI is InChI=1S/C15H15NO2S.C15H15NOS/c16-14(17)11-19(18)15(12-7-3-1-4-8-12)13-9-5-2-6-10-13;16-14(17)11-18-15(12-7-3-1-4-8-12)13-9-5-2-6-10-13/h1-10,15H,11H2,(H2,16,17);1-10,15H,11H2,(H2,16,17)/t19-;/m1./s1. The Morgan fingerprint density at radius 1 is 0.595 bits per heavy atom. The van der Waals surface area contributed by atoms with E-state index in [2.05, 4.69) is 24.3 Å². The van der Waals surface area contributed by atoms with Crippen LogP contribution in [0.1, 0.15) is 32.8 Å². The maximum Gasteiger partial charge on any atom is 0.230 e. The maximum absolute atomic E-state index is 12.4. The highest BCUT2D eigenvalue weighted by Gasteiger charge is 2.22. The third kappa shape index (κ3) is 9.04. The van der Waals surface area contributed by atoms with Gasteiger partial charge in [-0.25, -0.2) is 0 Å². The van der Waals surface area contributed by atoms with Gasteiger partial charge >= 0.3 is 0 Å². The number of amides is 2. The van der Waals surface area contributed by atoms with E-state index < -0.39 is 16.7 Å². The average Bonchev–Trinajstić information content (AvgIpc) is 2.91. The molecule has 4 rings (SSSR count). The monoisotopic (exact) mass is 530 g/mol. The molecule has 0 saturated heterocycles. The van der Waals surface area contributed by atoms with Crippen LogP contribution in [0.15, 0.2) is 121 Å². The summed E-state index contributed by atoms with van der Waals surface area (Å²) in [5, 5.41) is -0.171. The van der Waals surface area contributed by atoms with Gasteiger partial charge in [0.1, 0.15) is 5.75 Å². The summed E-state index contributed by atoms with van der Waals surface area (Å²) in [7, 11) is -1.36. The molecule has 0 unspecified atom stereocenters. The number of rotatable bonds is 10. The van der Waals surface area contributed by atoms with E-state index in [4.69, 9.17) is 11.5 Å². The van der Waals surface area contributed by atoms with Crippen LogP contribution in [-0.2, 0) is 20.4 Å². The van der Waals surface area contributed by atoms with E-state index in [0.717, 1.165) is 11.1 Å². The number of hydrogen-bond acceptors (Lipinski definition) is 4. The fourth-order valence-electron chi connectivity index (χ4n) is 3.78. The average molecular weight is 531 g/mol. The first-order chi connectivity index (χ1) is 18.0. The minimum absolute atomic E-state index is 0.131. The van der Waals surface area contributed by atoms with E-state index in [0.29, 0.717) is 5.75 Å². The molecule has 0 spiro atoms. The van der Waals surface area contributed by atoms with Gasteiger partial charge in [-0.1, -0.05) is 121 Å². The Labute approximate surface area is 224 Å². The Morgan fingerprint density at radius 3 is 1.27 bits per heavy atom. The lowest BCUT2D eigenvalue weighted by Gasteiger charge is -2.16. The SMILES string of the molecule is NC(=O)CSC(c1ccccc1)c1ccccc1.NC(=O)C[S@@](=O)C(c1ccccc1)c1ccccc1. The molecule has 37 heavy (non-hydrogen) atoms. The minimum atomic E-state index is -1.36. The Morgan fingerprint density at radius 2 is 0.946 bits per heavy atom. The second kappa shape index (κ2) is 14.8. The van der Waals surface area contributed by atoms with Crippen molar-refractivity contribution in [3.63, 3.8) is 0 Å². The highest BCUT2D eigenvalue weighted by atomic mass is 32.2. The van der Waals surface area contributed by atoms with Crippen molar-refractivity contribution >= 4 is 34.4 Å². The third-order valence-corrected chi connectivity index (χ3v) is 8.32. The molecule has 7 heteroatoms. The van der Waals surface area contributed by atoms with Crippen LogP contribution in [0.4, 0.5) is 0 Å². The molecule has 2 amide bonds. The number of carbonyl (C=O) groups excluding carboxylic acids is 2. The van der Waals surface area contributed by atoms with E-state index in [1.165, 1.54) is 11.1 Å². The van der Waals surface area contributed by atoms with Crippen LogP contribution in [0.3, 0.4) is 0 Å². The molecule has 0 saturated carbocycles. The first-order valence-electron chi connectivity index (χ1n) is 11.7. The van der Waals surface area contributed by atoms with Crippen molar-refractivity contribution in [2.75, 3.05) is 11.5 Å². The van der Waals surface area contributed by atoms with Crippen molar-refractivity contribution < 1.29 is 13.8 Å². The molecular formula is C30H30N2O3S2. The van der Waals surface area contributed by atoms with Crippen molar-refractivity contribution in [1.29, 1.82) is 0 Å². The molecule has 0 fully saturated rings. The van der Waals surface area contributed by atoms with Gasteiger partial charge in [0.05, 0.1) is 16.3 Å². The molecule has 4 N–H and O–H groups in total. The van der Waals surface area contributed by atoms with E-state index in [9.17, 15) is 13.8 Å². The van der Waals surface area contributed by atoms with Crippen molar-refractivity contribution in [2.45, 2.75) is 10.5 Å².